The largest absolute Gasteiger partial charge is 0.475 e. The van der Waals surface area contributed by atoms with Gasteiger partial charge < -0.3 is 4.74 Å². The van der Waals surface area contributed by atoms with Crippen LogP contribution < -0.4 is 4.74 Å². The molecular weight excluding hydrogens is 188 g/mol. The van der Waals surface area contributed by atoms with Crippen molar-refractivity contribution in [1.82, 2.24) is 0 Å². The average molecular weight is 196 g/mol. The zero-order valence-electron chi connectivity index (χ0n) is 6.27. The van der Waals surface area contributed by atoms with E-state index in [9.17, 15) is 0 Å². The Hall–Kier alpha value is -0.540. The fourth-order valence-electron chi connectivity index (χ4n) is 1.17. The first kappa shape index (κ1) is 8.08. The maximum absolute atomic E-state index is 5.44. The van der Waals surface area contributed by atoms with Crippen molar-refractivity contribution in [2.24, 2.45) is 0 Å². The number of ether oxygens (including phenoxy) is 1. The first-order valence-corrected chi connectivity index (χ1v) is 4.58. The van der Waals surface area contributed by atoms with Crippen molar-refractivity contribution >= 4 is 30.2 Å². The van der Waals surface area contributed by atoms with Gasteiger partial charge in [0.05, 0.1) is 0 Å². The lowest BCUT2D eigenvalue weighted by atomic mass is 10.1. The maximum atomic E-state index is 5.44. The van der Waals surface area contributed by atoms with E-state index in [0.717, 1.165) is 16.2 Å². The van der Waals surface area contributed by atoms with Crippen LogP contribution in [-0.2, 0) is 0 Å². The standard InChI is InChI=1S/C9H8OS2/c11-8-5-9(12)10-7-4-2-1-3-6(7)8/h1-5,9,11-12H. The summed E-state index contributed by atoms with van der Waals surface area (Å²) in [4.78, 5) is 0.928. The maximum Gasteiger partial charge on any atom is 0.161 e. The SMILES string of the molecule is SC1=CC(S)Oc2ccccc21. The number of rotatable bonds is 0. The van der Waals surface area contributed by atoms with Crippen LogP contribution in [0.4, 0.5) is 0 Å². The van der Waals surface area contributed by atoms with Crippen molar-refractivity contribution in [2.45, 2.75) is 5.44 Å². The Labute approximate surface area is 82.3 Å². The molecule has 1 atom stereocenters. The van der Waals surface area contributed by atoms with E-state index in [4.69, 9.17) is 4.74 Å². The Kier molecular flexibility index (Phi) is 2.07. The van der Waals surface area contributed by atoms with Crippen molar-refractivity contribution in [2.75, 3.05) is 0 Å². The van der Waals surface area contributed by atoms with Crippen LogP contribution in [0.1, 0.15) is 5.56 Å². The summed E-state index contributed by atoms with van der Waals surface area (Å²) < 4.78 is 5.44. The van der Waals surface area contributed by atoms with E-state index in [0.29, 0.717) is 0 Å². The molecular formula is C9H8OS2. The van der Waals surface area contributed by atoms with E-state index in [2.05, 4.69) is 25.3 Å². The highest BCUT2D eigenvalue weighted by Crippen LogP contribution is 2.34. The van der Waals surface area contributed by atoms with Gasteiger partial charge in [-0.05, 0) is 12.1 Å². The van der Waals surface area contributed by atoms with Crippen molar-refractivity contribution < 1.29 is 4.74 Å². The van der Waals surface area contributed by atoms with Crippen molar-refractivity contribution in [3.05, 3.63) is 35.9 Å². The lowest BCUT2D eigenvalue weighted by molar-refractivity contribution is 0.330. The highest BCUT2D eigenvalue weighted by atomic mass is 32.1. The first-order chi connectivity index (χ1) is 5.77. The third kappa shape index (κ3) is 1.34. The lowest BCUT2D eigenvalue weighted by Gasteiger charge is -2.19. The number of para-hydroxylation sites is 1. The summed E-state index contributed by atoms with van der Waals surface area (Å²) in [6.07, 6.45) is 1.87. The van der Waals surface area contributed by atoms with Crippen LogP contribution in [0.2, 0.25) is 0 Å². The molecule has 1 aliphatic rings. The Morgan fingerprint density at radius 2 is 2.00 bits per heavy atom. The summed E-state index contributed by atoms with van der Waals surface area (Å²) in [5.74, 6) is 0.852. The minimum atomic E-state index is -0.174. The Balaban J connectivity index is 2.53. The van der Waals surface area contributed by atoms with Crippen LogP contribution in [-0.4, -0.2) is 5.44 Å². The molecule has 0 amide bonds. The molecule has 0 fully saturated rings. The number of fused-ring (bicyclic) bond motifs is 1. The second-order valence-corrected chi connectivity index (χ2v) is 3.55. The lowest BCUT2D eigenvalue weighted by Crippen LogP contribution is -2.10. The van der Waals surface area contributed by atoms with Crippen LogP contribution in [0, 0.1) is 0 Å². The summed E-state index contributed by atoms with van der Waals surface area (Å²) >= 11 is 8.53. The quantitative estimate of drug-likeness (QED) is 0.606. The summed E-state index contributed by atoms with van der Waals surface area (Å²) in [5.41, 5.74) is 0.860. The molecule has 3 heteroatoms. The molecule has 1 heterocycles. The van der Waals surface area contributed by atoms with Gasteiger partial charge in [-0.25, -0.2) is 0 Å². The highest BCUT2D eigenvalue weighted by molar-refractivity contribution is 7.90. The zero-order valence-corrected chi connectivity index (χ0v) is 8.06. The van der Waals surface area contributed by atoms with Crippen molar-refractivity contribution in [3.8, 4) is 5.75 Å². The Morgan fingerprint density at radius 3 is 2.83 bits per heavy atom. The third-order valence-electron chi connectivity index (χ3n) is 1.71. The summed E-state index contributed by atoms with van der Waals surface area (Å²) in [7, 11) is 0. The monoisotopic (exact) mass is 196 g/mol. The molecule has 0 aromatic heterocycles. The van der Waals surface area contributed by atoms with E-state index in [-0.39, 0.29) is 5.44 Å². The molecule has 1 aromatic carbocycles. The van der Waals surface area contributed by atoms with Crippen molar-refractivity contribution in [1.29, 1.82) is 0 Å². The summed E-state index contributed by atoms with van der Waals surface area (Å²) in [6, 6.07) is 7.80. The summed E-state index contributed by atoms with van der Waals surface area (Å²) in [6.45, 7) is 0. The molecule has 2 rings (SSSR count). The van der Waals surface area contributed by atoms with Gasteiger partial charge in [0.1, 0.15) is 5.75 Å². The van der Waals surface area contributed by atoms with E-state index in [1.54, 1.807) is 0 Å². The van der Waals surface area contributed by atoms with Gasteiger partial charge >= 0.3 is 0 Å². The Morgan fingerprint density at radius 1 is 1.25 bits per heavy atom. The number of hydrogen-bond donors (Lipinski definition) is 2. The molecule has 1 unspecified atom stereocenters. The fourth-order valence-corrected chi connectivity index (χ4v) is 1.87. The second-order valence-electron chi connectivity index (χ2n) is 2.56. The zero-order chi connectivity index (χ0) is 8.55. The molecule has 0 spiro atoms. The van der Waals surface area contributed by atoms with Gasteiger partial charge in [-0.1, -0.05) is 18.2 Å². The molecule has 0 aliphatic carbocycles. The Bertz CT molecular complexity index is 333. The molecule has 1 aromatic rings. The van der Waals surface area contributed by atoms with E-state index in [1.807, 2.05) is 30.3 Å². The smallest absolute Gasteiger partial charge is 0.161 e. The van der Waals surface area contributed by atoms with Gasteiger partial charge in [-0.15, -0.1) is 25.3 Å². The number of thiol groups is 2. The number of benzene rings is 1. The van der Waals surface area contributed by atoms with Gasteiger partial charge in [-0.2, -0.15) is 0 Å². The normalized spacial score (nSPS) is 20.8. The van der Waals surface area contributed by atoms with Crippen LogP contribution in [0.5, 0.6) is 5.75 Å². The van der Waals surface area contributed by atoms with Crippen molar-refractivity contribution in [3.63, 3.8) is 0 Å². The minimum Gasteiger partial charge on any atom is -0.475 e. The van der Waals surface area contributed by atoms with E-state index >= 15 is 0 Å². The third-order valence-corrected chi connectivity index (χ3v) is 2.36. The second kappa shape index (κ2) is 3.07. The van der Waals surface area contributed by atoms with Gasteiger partial charge in [0.15, 0.2) is 5.44 Å². The van der Waals surface area contributed by atoms with Gasteiger partial charge in [-0.3, -0.25) is 0 Å². The van der Waals surface area contributed by atoms with Gasteiger partial charge in [0.2, 0.25) is 0 Å². The topological polar surface area (TPSA) is 9.23 Å². The first-order valence-electron chi connectivity index (χ1n) is 3.62. The van der Waals surface area contributed by atoms with Gasteiger partial charge in [0, 0.05) is 10.5 Å². The molecule has 0 bridgehead atoms. The molecule has 1 aliphatic heterocycles. The molecule has 0 N–H and O–H groups in total. The van der Waals surface area contributed by atoms with Crippen LogP contribution >= 0.6 is 25.3 Å². The highest BCUT2D eigenvalue weighted by Gasteiger charge is 2.14. The van der Waals surface area contributed by atoms with Crippen LogP contribution in [0.3, 0.4) is 0 Å². The minimum absolute atomic E-state index is 0.174. The van der Waals surface area contributed by atoms with Crippen LogP contribution in [0.25, 0.3) is 4.91 Å². The molecule has 1 nitrogen and oxygen atoms in total. The molecule has 62 valence electrons. The molecule has 12 heavy (non-hydrogen) atoms. The average Bonchev–Trinajstić information content (AvgIpc) is 2.04. The van der Waals surface area contributed by atoms with E-state index in [1.165, 1.54) is 0 Å². The fraction of sp³-hybridized carbons (Fsp3) is 0.111. The van der Waals surface area contributed by atoms with E-state index < -0.39 is 0 Å². The number of hydrogen-bond acceptors (Lipinski definition) is 3. The molecule has 0 saturated carbocycles. The molecule has 0 radical (unpaired) electrons. The van der Waals surface area contributed by atoms with Crippen LogP contribution in [0.15, 0.2) is 30.3 Å². The predicted molar refractivity (Wildman–Crippen MR) is 56.8 cm³/mol. The molecule has 0 saturated heterocycles. The summed E-state index contributed by atoms with van der Waals surface area (Å²) in [5, 5.41) is 0. The predicted octanol–water partition coefficient (Wildman–Crippen LogP) is 2.61. The van der Waals surface area contributed by atoms with Gasteiger partial charge in [0.25, 0.3) is 0 Å².